The van der Waals surface area contributed by atoms with Crippen LogP contribution in [-0.4, -0.2) is 0 Å². The second-order valence-electron chi connectivity index (χ2n) is 0. The maximum atomic E-state index is 0. The van der Waals surface area contributed by atoms with Crippen LogP contribution in [0.3, 0.4) is 0 Å². The molecule has 30 valence electrons. The van der Waals surface area contributed by atoms with Gasteiger partial charge < -0.3 is 16.4 Å². The Morgan fingerprint density at radius 2 is 0.429 bits per heavy atom. The van der Waals surface area contributed by atoms with Gasteiger partial charge in [-0.3, -0.25) is 0 Å². The standard InChI is InChI=1S/2La.3O.2Pr/q2*+3;3*-2;;. The van der Waals surface area contributed by atoms with Crippen molar-refractivity contribution < 1.29 is 170 Å². The fraction of sp³-hybridized carbons (Fsp3) is 0. The van der Waals surface area contributed by atoms with Gasteiger partial charge in [-0.2, -0.15) is 0 Å². The molecule has 0 unspecified atom stereocenters. The Balaban J connectivity index is 0. The van der Waals surface area contributed by atoms with Crippen molar-refractivity contribution in [2.45, 2.75) is 0 Å². The maximum absolute atomic E-state index is 0. The van der Waals surface area contributed by atoms with E-state index in [9.17, 15) is 0 Å². The van der Waals surface area contributed by atoms with Crippen LogP contribution in [0.4, 0.5) is 0 Å². The van der Waals surface area contributed by atoms with Gasteiger partial charge in [0.25, 0.3) is 0 Å². The minimum atomic E-state index is 0. The van der Waals surface area contributed by atoms with Gasteiger partial charge in [-0.05, 0) is 0 Å². The molecule has 0 atom stereocenters. The van der Waals surface area contributed by atoms with Gasteiger partial charge in [0, 0.05) is 82.6 Å². The number of hydrogen-bond acceptors (Lipinski definition) is 0. The molecule has 0 bridgehead atoms. The Labute approximate surface area is 165 Å². The molecule has 0 spiro atoms. The molecule has 2 radical (unpaired) electrons. The van der Waals surface area contributed by atoms with Crippen LogP contribution in [0.2, 0.25) is 0 Å². The van der Waals surface area contributed by atoms with E-state index in [4.69, 9.17) is 0 Å². The summed E-state index contributed by atoms with van der Waals surface area (Å²) in [6.07, 6.45) is 0. The van der Waals surface area contributed by atoms with Crippen molar-refractivity contribution in [3.8, 4) is 0 Å². The van der Waals surface area contributed by atoms with Crippen LogP contribution in [0.1, 0.15) is 0 Å². The molecule has 0 aliphatic heterocycles. The molecule has 0 saturated carbocycles. The average Bonchev–Trinajstić information content (AvgIpc) is 0. The molecular formula is La2O3Pr2. The van der Waals surface area contributed by atoms with Gasteiger partial charge >= 0.3 is 71.2 Å². The van der Waals surface area contributed by atoms with E-state index in [2.05, 4.69) is 0 Å². The Hall–Kier alpha value is 5.00. The average molecular weight is 608 g/mol. The Morgan fingerprint density at radius 3 is 0.429 bits per heavy atom. The van der Waals surface area contributed by atoms with Gasteiger partial charge in [0.05, 0.1) is 0 Å². The zero-order chi connectivity index (χ0) is 0. The van der Waals surface area contributed by atoms with E-state index in [0.29, 0.717) is 0 Å². The van der Waals surface area contributed by atoms with E-state index >= 15 is 0 Å². The van der Waals surface area contributed by atoms with E-state index in [1.807, 2.05) is 0 Å². The van der Waals surface area contributed by atoms with Crippen LogP contribution in [0.15, 0.2) is 0 Å². The second-order valence-corrected chi connectivity index (χ2v) is 0. The topological polar surface area (TPSA) is 85.5 Å². The molecule has 0 saturated heterocycles. The first-order valence-corrected chi connectivity index (χ1v) is 0. The van der Waals surface area contributed by atoms with Crippen LogP contribution in [0.5, 0.6) is 0 Å². The van der Waals surface area contributed by atoms with Crippen molar-refractivity contribution in [2.75, 3.05) is 0 Å². The van der Waals surface area contributed by atoms with Crippen LogP contribution < -0.4 is 0 Å². The molecule has 7 heteroatoms. The van der Waals surface area contributed by atoms with Crippen LogP contribution in [0.25, 0.3) is 0 Å². The number of rotatable bonds is 0. The summed E-state index contributed by atoms with van der Waals surface area (Å²) in [7, 11) is 0. The van der Waals surface area contributed by atoms with Gasteiger partial charge in [0.1, 0.15) is 0 Å². The fourth-order valence-corrected chi connectivity index (χ4v) is 0. The SMILES string of the molecule is [La+3].[La+3].[O-2].[O-2].[O-2].[Pr].[Pr]. The maximum Gasteiger partial charge on any atom is 3.00 e. The molecule has 0 aromatic heterocycles. The quantitative estimate of drug-likeness (QED) is 0.361. The van der Waals surface area contributed by atoms with Gasteiger partial charge in [-0.15, -0.1) is 0 Å². The zero-order valence-electron chi connectivity index (χ0n) is 3.53. The molecule has 0 aromatic rings. The summed E-state index contributed by atoms with van der Waals surface area (Å²) >= 11 is 0. The molecule has 7 heavy (non-hydrogen) atoms. The van der Waals surface area contributed by atoms with E-state index in [1.54, 1.807) is 0 Å². The Kier molecular flexibility index (Phi) is 365. The smallest absolute Gasteiger partial charge is 2.00 e. The van der Waals surface area contributed by atoms with Crippen molar-refractivity contribution in [2.24, 2.45) is 0 Å². The normalized spacial score (nSPS) is 0. The minimum Gasteiger partial charge on any atom is -2.00 e. The Morgan fingerprint density at radius 1 is 0.429 bits per heavy atom. The van der Waals surface area contributed by atoms with Crippen molar-refractivity contribution in [3.63, 3.8) is 0 Å². The van der Waals surface area contributed by atoms with Gasteiger partial charge in [0.15, 0.2) is 0 Å². The fourth-order valence-electron chi connectivity index (χ4n) is 0. The van der Waals surface area contributed by atoms with Crippen molar-refractivity contribution >= 4 is 0 Å². The first-order valence-electron chi connectivity index (χ1n) is 0. The summed E-state index contributed by atoms with van der Waals surface area (Å²) in [5.74, 6) is 0. The first-order chi connectivity index (χ1) is 0. The van der Waals surface area contributed by atoms with Gasteiger partial charge in [-0.1, -0.05) is 0 Å². The molecular weight excluding hydrogens is 608 g/mol. The van der Waals surface area contributed by atoms with E-state index in [0.717, 1.165) is 0 Å². The van der Waals surface area contributed by atoms with E-state index in [1.165, 1.54) is 0 Å². The third-order valence-corrected chi connectivity index (χ3v) is 0. The Bertz CT molecular complexity index is 10.9. The van der Waals surface area contributed by atoms with E-state index in [-0.39, 0.29) is 170 Å². The summed E-state index contributed by atoms with van der Waals surface area (Å²) in [5, 5.41) is 0. The number of hydrogen-bond donors (Lipinski definition) is 0. The summed E-state index contributed by atoms with van der Waals surface area (Å²) in [6.45, 7) is 0. The largest absolute Gasteiger partial charge is 3.00 e. The minimum absolute atomic E-state index is 0. The molecule has 0 rings (SSSR count). The predicted molar refractivity (Wildman–Crippen MR) is 2.06 cm³/mol. The third-order valence-electron chi connectivity index (χ3n) is 0. The molecule has 0 N–H and O–H groups in total. The van der Waals surface area contributed by atoms with Crippen molar-refractivity contribution in [1.29, 1.82) is 0 Å². The molecule has 0 amide bonds. The second kappa shape index (κ2) is 44.0. The summed E-state index contributed by atoms with van der Waals surface area (Å²) in [6, 6.07) is 0. The molecule has 0 aliphatic rings. The van der Waals surface area contributed by atoms with Crippen molar-refractivity contribution in [3.05, 3.63) is 0 Å². The predicted octanol–water partition coefficient (Wildman–Crippen LogP) is -0.356. The van der Waals surface area contributed by atoms with Crippen LogP contribution >= 0.6 is 0 Å². The monoisotopic (exact) mass is 608 g/mol. The molecule has 3 nitrogen and oxygen atoms in total. The first kappa shape index (κ1) is 58.1. The molecule has 0 aromatic carbocycles. The zero-order valence-corrected chi connectivity index (χ0v) is 18.2. The van der Waals surface area contributed by atoms with Crippen LogP contribution in [0, 0.1) is 154 Å². The van der Waals surface area contributed by atoms with Gasteiger partial charge in [0.2, 0.25) is 0 Å². The van der Waals surface area contributed by atoms with Crippen LogP contribution in [-0.2, 0) is 16.4 Å². The summed E-state index contributed by atoms with van der Waals surface area (Å²) in [4.78, 5) is 0. The summed E-state index contributed by atoms with van der Waals surface area (Å²) in [5.41, 5.74) is 0. The van der Waals surface area contributed by atoms with E-state index < -0.39 is 0 Å². The summed E-state index contributed by atoms with van der Waals surface area (Å²) < 4.78 is 0. The molecule has 0 aliphatic carbocycles. The van der Waals surface area contributed by atoms with Crippen molar-refractivity contribution in [1.82, 2.24) is 0 Å². The van der Waals surface area contributed by atoms with Gasteiger partial charge in [-0.25, -0.2) is 0 Å². The molecule has 0 heterocycles. The third kappa shape index (κ3) is 35.6. The molecule has 0 fully saturated rings.